The van der Waals surface area contributed by atoms with Crippen LogP contribution < -0.4 is 0 Å². The Hall–Kier alpha value is -1.33. The first-order valence-electron chi connectivity index (χ1n) is 5.03. The van der Waals surface area contributed by atoms with Crippen molar-refractivity contribution in [3.05, 3.63) is 27.5 Å². The Bertz CT molecular complexity index is 501. The zero-order valence-electron chi connectivity index (χ0n) is 10.5. The fourth-order valence-corrected chi connectivity index (χ4v) is 1.71. The van der Waals surface area contributed by atoms with Crippen molar-refractivity contribution in [2.24, 2.45) is 10.3 Å². The van der Waals surface area contributed by atoms with Crippen LogP contribution in [0.25, 0.3) is 0 Å². The molecule has 7 heteroatoms. The van der Waals surface area contributed by atoms with Crippen LogP contribution in [0, 0.1) is 6.92 Å². The maximum atomic E-state index is 6.05. The van der Waals surface area contributed by atoms with Gasteiger partial charge in [-0.3, -0.25) is 0 Å². The predicted octanol–water partition coefficient (Wildman–Crippen LogP) is 3.07. The summed E-state index contributed by atoms with van der Waals surface area (Å²) in [5, 5.41) is 8.35. The molecule has 0 bridgehead atoms. The maximum absolute atomic E-state index is 6.05. The van der Waals surface area contributed by atoms with Crippen LogP contribution in [0.4, 0.5) is 0 Å². The highest BCUT2D eigenvalue weighted by molar-refractivity contribution is 6.48. The van der Waals surface area contributed by atoms with Gasteiger partial charge in [-0.25, -0.2) is 4.98 Å². The Morgan fingerprint density at radius 1 is 1.22 bits per heavy atom. The lowest BCUT2D eigenvalue weighted by molar-refractivity contribution is 0.210. The number of pyridine rings is 1. The number of hydrogen-bond acceptors (Lipinski definition) is 5. The molecule has 0 spiro atoms. The second kappa shape index (κ2) is 6.56. The summed E-state index contributed by atoms with van der Waals surface area (Å²) in [5.41, 5.74) is 2.47. The van der Waals surface area contributed by atoms with Crippen LogP contribution in [-0.4, -0.2) is 30.6 Å². The number of halogens is 2. The molecule has 0 aromatic carbocycles. The summed E-state index contributed by atoms with van der Waals surface area (Å²) in [4.78, 5) is 13.5. The van der Waals surface area contributed by atoms with Crippen LogP contribution in [-0.2, 0) is 9.68 Å². The van der Waals surface area contributed by atoms with Crippen molar-refractivity contribution in [2.75, 3.05) is 14.2 Å². The summed E-state index contributed by atoms with van der Waals surface area (Å²) in [6.45, 7) is 3.56. The van der Waals surface area contributed by atoms with Crippen molar-refractivity contribution in [3.8, 4) is 0 Å². The van der Waals surface area contributed by atoms with E-state index in [4.69, 9.17) is 32.9 Å². The van der Waals surface area contributed by atoms with Gasteiger partial charge >= 0.3 is 0 Å². The van der Waals surface area contributed by atoms with E-state index in [1.807, 2.05) is 6.92 Å². The summed E-state index contributed by atoms with van der Waals surface area (Å²) in [5.74, 6) is 0. The highest BCUT2D eigenvalue weighted by Gasteiger charge is 2.16. The molecular weight excluding hydrogens is 277 g/mol. The molecule has 0 aliphatic carbocycles. The summed E-state index contributed by atoms with van der Waals surface area (Å²) in [6, 6.07) is 0. The molecule has 0 radical (unpaired) electrons. The fourth-order valence-electron chi connectivity index (χ4n) is 1.37. The quantitative estimate of drug-likeness (QED) is 0.486. The van der Waals surface area contributed by atoms with Crippen LogP contribution in [0.2, 0.25) is 10.2 Å². The third-order valence-corrected chi connectivity index (χ3v) is 3.08. The van der Waals surface area contributed by atoms with Crippen molar-refractivity contribution < 1.29 is 9.68 Å². The van der Waals surface area contributed by atoms with Crippen molar-refractivity contribution >= 4 is 34.6 Å². The monoisotopic (exact) mass is 289 g/mol. The van der Waals surface area contributed by atoms with Crippen LogP contribution in [0.1, 0.15) is 18.1 Å². The average molecular weight is 290 g/mol. The third-order valence-electron chi connectivity index (χ3n) is 2.23. The highest BCUT2D eigenvalue weighted by Crippen LogP contribution is 2.26. The van der Waals surface area contributed by atoms with Gasteiger partial charge in [0.15, 0.2) is 0 Å². The molecule has 0 aliphatic heterocycles. The van der Waals surface area contributed by atoms with Crippen LogP contribution in [0.3, 0.4) is 0 Å². The van der Waals surface area contributed by atoms with Gasteiger partial charge in [0.25, 0.3) is 0 Å². The second-order valence-electron chi connectivity index (χ2n) is 3.38. The molecule has 0 saturated heterocycles. The molecule has 0 amide bonds. The van der Waals surface area contributed by atoms with Crippen molar-refractivity contribution in [1.82, 2.24) is 4.98 Å². The molecule has 0 fully saturated rings. The lowest BCUT2D eigenvalue weighted by Crippen LogP contribution is -2.15. The normalized spacial score (nSPS) is 12.6. The standard InChI is InChI=1S/C11H13Cl2N3O2/c1-6-8(5-14-11(13)9(6)12)10(16-18-4)7(2)15-17-3/h5H,1-4H3/b15-7+,16-10-. The number of rotatable bonds is 4. The fraction of sp³-hybridized carbons (Fsp3) is 0.364. The van der Waals surface area contributed by atoms with E-state index in [9.17, 15) is 0 Å². The highest BCUT2D eigenvalue weighted by atomic mass is 35.5. The van der Waals surface area contributed by atoms with Gasteiger partial charge in [-0.1, -0.05) is 33.5 Å². The Labute approximate surface area is 115 Å². The third kappa shape index (κ3) is 3.11. The lowest BCUT2D eigenvalue weighted by Gasteiger charge is -2.09. The number of hydrogen-bond donors (Lipinski definition) is 0. The van der Waals surface area contributed by atoms with E-state index in [1.165, 1.54) is 14.2 Å². The minimum Gasteiger partial charge on any atom is -0.399 e. The molecule has 1 heterocycles. The zero-order chi connectivity index (χ0) is 13.7. The summed E-state index contributed by atoms with van der Waals surface area (Å²) < 4.78 is 0. The molecule has 0 atom stereocenters. The molecule has 0 unspecified atom stereocenters. The summed E-state index contributed by atoms with van der Waals surface area (Å²) in [6.07, 6.45) is 1.57. The molecular formula is C11H13Cl2N3O2. The minimum atomic E-state index is 0.246. The molecule has 18 heavy (non-hydrogen) atoms. The van der Waals surface area contributed by atoms with Crippen molar-refractivity contribution in [2.45, 2.75) is 13.8 Å². The largest absolute Gasteiger partial charge is 0.399 e. The molecule has 0 aliphatic rings. The first-order chi connectivity index (χ1) is 8.52. The van der Waals surface area contributed by atoms with Crippen LogP contribution >= 0.6 is 23.2 Å². The van der Waals surface area contributed by atoms with E-state index in [0.29, 0.717) is 22.0 Å². The SMILES string of the molecule is CO/N=C(C)/C(=N/OC)c1cnc(Cl)c(Cl)c1C. The van der Waals surface area contributed by atoms with E-state index in [-0.39, 0.29) is 5.15 Å². The first-order valence-corrected chi connectivity index (χ1v) is 5.78. The molecule has 0 saturated carbocycles. The molecule has 1 rings (SSSR count). The molecule has 1 aromatic rings. The predicted molar refractivity (Wildman–Crippen MR) is 72.7 cm³/mol. The molecule has 98 valence electrons. The summed E-state index contributed by atoms with van der Waals surface area (Å²) >= 11 is 11.9. The Balaban J connectivity index is 3.37. The Morgan fingerprint density at radius 2 is 1.83 bits per heavy atom. The molecule has 1 aromatic heterocycles. The van der Waals surface area contributed by atoms with E-state index in [2.05, 4.69) is 15.3 Å². The number of nitrogens with zero attached hydrogens (tertiary/aromatic N) is 3. The van der Waals surface area contributed by atoms with E-state index >= 15 is 0 Å². The van der Waals surface area contributed by atoms with Gasteiger partial charge in [0.05, 0.1) is 5.02 Å². The average Bonchev–Trinajstić information content (AvgIpc) is 2.34. The Kier molecular flexibility index (Phi) is 5.37. The van der Waals surface area contributed by atoms with Crippen LogP contribution in [0.15, 0.2) is 16.5 Å². The summed E-state index contributed by atoms with van der Waals surface area (Å²) in [7, 11) is 2.90. The molecule has 5 nitrogen and oxygen atoms in total. The van der Waals surface area contributed by atoms with Crippen LogP contribution in [0.5, 0.6) is 0 Å². The second-order valence-corrected chi connectivity index (χ2v) is 4.12. The zero-order valence-corrected chi connectivity index (χ0v) is 12.0. The lowest BCUT2D eigenvalue weighted by atomic mass is 10.0. The smallest absolute Gasteiger partial charge is 0.147 e. The van der Waals surface area contributed by atoms with Crippen molar-refractivity contribution in [3.63, 3.8) is 0 Å². The van der Waals surface area contributed by atoms with Gasteiger partial charge < -0.3 is 9.68 Å². The number of oxime groups is 2. The van der Waals surface area contributed by atoms with Gasteiger partial charge in [-0.05, 0) is 19.4 Å². The van der Waals surface area contributed by atoms with E-state index in [0.717, 1.165) is 5.56 Å². The van der Waals surface area contributed by atoms with E-state index in [1.54, 1.807) is 13.1 Å². The molecule has 0 N–H and O–H groups in total. The minimum absolute atomic E-state index is 0.246. The van der Waals surface area contributed by atoms with Gasteiger partial charge in [0, 0.05) is 11.8 Å². The van der Waals surface area contributed by atoms with Gasteiger partial charge in [0.2, 0.25) is 0 Å². The van der Waals surface area contributed by atoms with E-state index < -0.39 is 0 Å². The van der Waals surface area contributed by atoms with Crippen molar-refractivity contribution in [1.29, 1.82) is 0 Å². The number of aromatic nitrogens is 1. The maximum Gasteiger partial charge on any atom is 0.147 e. The van der Waals surface area contributed by atoms with Gasteiger partial charge in [-0.15, -0.1) is 0 Å². The Morgan fingerprint density at radius 3 is 2.39 bits per heavy atom. The van der Waals surface area contributed by atoms with Gasteiger partial charge in [0.1, 0.15) is 30.8 Å². The topological polar surface area (TPSA) is 56.1 Å². The first kappa shape index (κ1) is 14.7. The van der Waals surface area contributed by atoms with Gasteiger partial charge in [-0.2, -0.15) is 0 Å².